The summed E-state index contributed by atoms with van der Waals surface area (Å²) in [5, 5.41) is 21.3. The second-order valence-corrected chi connectivity index (χ2v) is 10.1. The minimum Gasteiger partial charge on any atom is -0.507 e. The van der Waals surface area contributed by atoms with E-state index in [1.165, 1.54) is 0 Å². The molecule has 1 fully saturated rings. The van der Waals surface area contributed by atoms with Gasteiger partial charge in [0.05, 0.1) is 11.1 Å². The Balaban J connectivity index is 2.23. The van der Waals surface area contributed by atoms with Crippen LogP contribution in [0.3, 0.4) is 0 Å². The second-order valence-electron chi connectivity index (χ2n) is 10.1. The van der Waals surface area contributed by atoms with E-state index in [4.69, 9.17) is 4.74 Å². The van der Waals surface area contributed by atoms with Crippen LogP contribution in [0.5, 0.6) is 17.2 Å². The summed E-state index contributed by atoms with van der Waals surface area (Å²) in [5.41, 5.74) is -0.112. The molecule has 1 saturated carbocycles. The zero-order valence-corrected chi connectivity index (χ0v) is 18.4. The summed E-state index contributed by atoms with van der Waals surface area (Å²) in [7, 11) is 0. The highest BCUT2D eigenvalue weighted by molar-refractivity contribution is 5.95. The van der Waals surface area contributed by atoms with Gasteiger partial charge in [-0.3, -0.25) is 9.59 Å². The van der Waals surface area contributed by atoms with Crippen molar-refractivity contribution in [3.05, 3.63) is 16.7 Å². The molecule has 4 atom stereocenters. The monoisotopic (exact) mass is 402 g/mol. The number of phenols is 2. The van der Waals surface area contributed by atoms with E-state index in [9.17, 15) is 19.8 Å². The number of fused-ring (bicyclic) bond motifs is 1. The topological polar surface area (TPSA) is 83.8 Å². The number of aldehydes is 2. The Morgan fingerprint density at radius 1 is 1.07 bits per heavy atom. The van der Waals surface area contributed by atoms with Crippen molar-refractivity contribution in [1.29, 1.82) is 0 Å². The van der Waals surface area contributed by atoms with Gasteiger partial charge < -0.3 is 14.9 Å². The number of carbonyl (C=O) groups is 2. The van der Waals surface area contributed by atoms with E-state index in [2.05, 4.69) is 41.5 Å². The fraction of sp³-hybridized carbons (Fsp3) is 0.667. The van der Waals surface area contributed by atoms with Gasteiger partial charge in [0, 0.05) is 11.5 Å². The third kappa shape index (κ3) is 3.13. The number of aromatic hydroxyl groups is 2. The zero-order chi connectivity index (χ0) is 21.7. The lowest BCUT2D eigenvalue weighted by atomic mass is 9.66. The normalized spacial score (nSPS) is 31.2. The van der Waals surface area contributed by atoms with Crippen LogP contribution in [0.4, 0.5) is 0 Å². The average Bonchev–Trinajstić information content (AvgIpc) is 2.88. The van der Waals surface area contributed by atoms with Crippen LogP contribution in [-0.4, -0.2) is 28.4 Å². The third-order valence-corrected chi connectivity index (χ3v) is 7.99. The SMILES string of the molecule is CC(C)C[C@H]1C[C@@]2(CC[C@@](C)(C(C)C)[C@@H]2C)Oc2c(C=O)c(O)c(C=O)c(O)c21. The summed E-state index contributed by atoms with van der Waals surface area (Å²) in [5.74, 6) is 0.553. The molecule has 1 spiro atoms. The summed E-state index contributed by atoms with van der Waals surface area (Å²) >= 11 is 0. The maximum atomic E-state index is 11.9. The number of ether oxygens (including phenoxy) is 1. The van der Waals surface area contributed by atoms with E-state index in [0.29, 0.717) is 30.0 Å². The number of phenolic OH excluding ortho intramolecular Hbond substituents is 2. The van der Waals surface area contributed by atoms with Crippen molar-refractivity contribution in [3.63, 3.8) is 0 Å². The molecule has 29 heavy (non-hydrogen) atoms. The van der Waals surface area contributed by atoms with E-state index in [-0.39, 0.29) is 39.9 Å². The first-order chi connectivity index (χ1) is 13.5. The molecule has 1 aliphatic heterocycles. The molecule has 2 aliphatic rings. The first-order valence-electron chi connectivity index (χ1n) is 10.7. The molecule has 0 radical (unpaired) electrons. The molecule has 0 aromatic heterocycles. The third-order valence-electron chi connectivity index (χ3n) is 7.99. The minimum absolute atomic E-state index is 0.0296. The van der Waals surface area contributed by atoms with Crippen LogP contribution in [0.15, 0.2) is 0 Å². The molecular weight excluding hydrogens is 368 g/mol. The first-order valence-corrected chi connectivity index (χ1v) is 10.7. The van der Waals surface area contributed by atoms with Crippen molar-refractivity contribution in [2.75, 3.05) is 0 Å². The lowest BCUT2D eigenvalue weighted by molar-refractivity contribution is -0.0297. The fourth-order valence-corrected chi connectivity index (χ4v) is 5.73. The molecule has 3 rings (SSSR count). The molecule has 0 bridgehead atoms. The molecule has 2 N–H and O–H groups in total. The molecule has 1 aromatic rings. The van der Waals surface area contributed by atoms with Crippen molar-refractivity contribution < 1.29 is 24.5 Å². The number of carbonyl (C=O) groups excluding carboxylic acids is 2. The van der Waals surface area contributed by atoms with Crippen molar-refractivity contribution in [3.8, 4) is 17.2 Å². The first kappa shape index (κ1) is 21.7. The Morgan fingerprint density at radius 3 is 2.17 bits per heavy atom. The minimum atomic E-state index is -0.496. The molecule has 0 amide bonds. The molecule has 0 saturated heterocycles. The van der Waals surface area contributed by atoms with Crippen LogP contribution in [0.2, 0.25) is 0 Å². The van der Waals surface area contributed by atoms with Gasteiger partial charge in [0.25, 0.3) is 0 Å². The molecule has 160 valence electrons. The maximum Gasteiger partial charge on any atom is 0.157 e. The van der Waals surface area contributed by atoms with E-state index in [0.717, 1.165) is 25.7 Å². The van der Waals surface area contributed by atoms with Gasteiger partial charge in [-0.2, -0.15) is 0 Å². The highest BCUT2D eigenvalue weighted by Crippen LogP contribution is 2.62. The fourth-order valence-electron chi connectivity index (χ4n) is 5.73. The lowest BCUT2D eigenvalue weighted by Crippen LogP contribution is -2.47. The maximum absolute atomic E-state index is 11.9. The quantitative estimate of drug-likeness (QED) is 0.638. The summed E-state index contributed by atoms with van der Waals surface area (Å²) in [6, 6.07) is 0. The van der Waals surface area contributed by atoms with Gasteiger partial charge in [-0.05, 0) is 48.9 Å². The Kier molecular flexibility index (Phi) is 5.48. The van der Waals surface area contributed by atoms with E-state index in [1.807, 2.05) is 0 Å². The van der Waals surface area contributed by atoms with Crippen LogP contribution >= 0.6 is 0 Å². The van der Waals surface area contributed by atoms with Gasteiger partial charge in [-0.25, -0.2) is 0 Å². The van der Waals surface area contributed by atoms with Crippen LogP contribution in [0.25, 0.3) is 0 Å². The number of hydrogen-bond donors (Lipinski definition) is 2. The molecule has 1 aromatic carbocycles. The van der Waals surface area contributed by atoms with E-state index >= 15 is 0 Å². The molecule has 1 heterocycles. The van der Waals surface area contributed by atoms with Crippen molar-refractivity contribution in [2.45, 2.75) is 78.7 Å². The van der Waals surface area contributed by atoms with Gasteiger partial charge in [-0.15, -0.1) is 0 Å². The molecular formula is C24H34O5. The predicted octanol–water partition coefficient (Wildman–Crippen LogP) is 5.47. The summed E-state index contributed by atoms with van der Waals surface area (Å²) in [4.78, 5) is 23.4. The highest BCUT2D eigenvalue weighted by atomic mass is 16.5. The highest BCUT2D eigenvalue weighted by Gasteiger charge is 2.58. The second kappa shape index (κ2) is 7.33. The van der Waals surface area contributed by atoms with Crippen molar-refractivity contribution >= 4 is 12.6 Å². The largest absolute Gasteiger partial charge is 0.507 e. The number of hydrogen-bond acceptors (Lipinski definition) is 5. The van der Waals surface area contributed by atoms with Crippen LogP contribution < -0.4 is 4.74 Å². The molecule has 1 aliphatic carbocycles. The van der Waals surface area contributed by atoms with Gasteiger partial charge in [-0.1, -0.05) is 41.5 Å². The standard InChI is InChI=1S/C24H34O5/c1-13(2)9-16-10-24(8-7-23(6,14(3)4)15(24)5)29-22-18(12-26)20(27)17(11-25)21(28)19(16)22/h11-16,27-28H,7-10H2,1-6H3/t15-,16-,23-,24+/m0/s1. The van der Waals surface area contributed by atoms with Crippen LogP contribution in [-0.2, 0) is 0 Å². The van der Waals surface area contributed by atoms with Crippen LogP contribution in [0, 0.1) is 23.2 Å². The van der Waals surface area contributed by atoms with Crippen molar-refractivity contribution in [1.82, 2.24) is 0 Å². The predicted molar refractivity (Wildman–Crippen MR) is 112 cm³/mol. The molecule has 5 heteroatoms. The Bertz CT molecular complexity index is 827. The molecule has 5 nitrogen and oxygen atoms in total. The summed E-state index contributed by atoms with van der Waals surface area (Å²) in [6.07, 6.45) is 4.37. The van der Waals surface area contributed by atoms with Crippen LogP contribution in [0.1, 0.15) is 99.4 Å². The smallest absolute Gasteiger partial charge is 0.157 e. The summed E-state index contributed by atoms with van der Waals surface area (Å²) in [6.45, 7) is 13.3. The zero-order valence-electron chi connectivity index (χ0n) is 18.4. The number of rotatable bonds is 5. The number of benzene rings is 1. The van der Waals surface area contributed by atoms with Crippen molar-refractivity contribution in [2.24, 2.45) is 23.2 Å². The van der Waals surface area contributed by atoms with Gasteiger partial charge in [0.1, 0.15) is 22.8 Å². The Hall–Kier alpha value is -2.04. The van der Waals surface area contributed by atoms with Gasteiger partial charge in [0.2, 0.25) is 0 Å². The molecule has 0 unspecified atom stereocenters. The van der Waals surface area contributed by atoms with E-state index in [1.54, 1.807) is 0 Å². The Labute approximate surface area is 173 Å². The Morgan fingerprint density at radius 2 is 1.69 bits per heavy atom. The van der Waals surface area contributed by atoms with Gasteiger partial charge in [0.15, 0.2) is 12.6 Å². The lowest BCUT2D eigenvalue weighted by Gasteiger charge is -2.47. The summed E-state index contributed by atoms with van der Waals surface area (Å²) < 4.78 is 6.57. The van der Waals surface area contributed by atoms with Gasteiger partial charge >= 0.3 is 0 Å². The average molecular weight is 403 g/mol. The van der Waals surface area contributed by atoms with E-state index < -0.39 is 11.4 Å².